The molecule has 1 aliphatic heterocycles. The number of tetrazole rings is 1. The van der Waals surface area contributed by atoms with Crippen molar-refractivity contribution in [2.75, 3.05) is 0 Å². The highest BCUT2D eigenvalue weighted by Gasteiger charge is 2.49. The van der Waals surface area contributed by atoms with Gasteiger partial charge in [-0.25, -0.2) is 14.5 Å². The fourth-order valence-electron chi connectivity index (χ4n) is 3.77. The minimum atomic E-state index is -1.29. The maximum atomic E-state index is 13.3. The van der Waals surface area contributed by atoms with Crippen molar-refractivity contribution in [1.29, 1.82) is 0 Å². The van der Waals surface area contributed by atoms with E-state index in [2.05, 4.69) is 25.8 Å². The molecule has 1 fully saturated rings. The van der Waals surface area contributed by atoms with E-state index in [1.165, 1.54) is 21.5 Å². The van der Waals surface area contributed by atoms with Crippen LogP contribution in [0.2, 0.25) is 0 Å². The summed E-state index contributed by atoms with van der Waals surface area (Å²) in [5, 5.41) is 13.9. The molecule has 1 atom stereocenters. The van der Waals surface area contributed by atoms with E-state index >= 15 is 0 Å². The van der Waals surface area contributed by atoms with Crippen molar-refractivity contribution in [3.05, 3.63) is 82.2 Å². The van der Waals surface area contributed by atoms with E-state index in [0.29, 0.717) is 22.6 Å². The summed E-state index contributed by atoms with van der Waals surface area (Å²) >= 11 is 0. The van der Waals surface area contributed by atoms with E-state index < -0.39 is 17.5 Å². The second-order valence-corrected chi connectivity index (χ2v) is 7.77. The summed E-state index contributed by atoms with van der Waals surface area (Å²) in [5.74, 6) is -0.442. The third-order valence-corrected chi connectivity index (χ3v) is 5.51. The Kier molecular flexibility index (Phi) is 4.33. The number of carbonyl (C=O) groups is 2. The van der Waals surface area contributed by atoms with Gasteiger partial charge in [-0.15, -0.1) is 5.10 Å². The Morgan fingerprint density at radius 2 is 1.94 bits per heavy atom. The Morgan fingerprint density at radius 1 is 1.09 bits per heavy atom. The molecule has 4 heterocycles. The molecule has 3 aromatic heterocycles. The maximum absolute atomic E-state index is 13.3. The van der Waals surface area contributed by atoms with Crippen molar-refractivity contribution in [2.24, 2.45) is 0 Å². The second-order valence-electron chi connectivity index (χ2n) is 7.77. The molecule has 1 aliphatic rings. The number of nitrogens with zero attached hydrogens (tertiary/aromatic N) is 7. The van der Waals surface area contributed by atoms with Gasteiger partial charge in [0.25, 0.3) is 11.5 Å². The molecule has 5 rings (SSSR count). The number of hydrogen-bond donors (Lipinski definition) is 1. The van der Waals surface area contributed by atoms with Gasteiger partial charge in [0.05, 0.1) is 17.9 Å². The van der Waals surface area contributed by atoms with E-state index in [1.54, 1.807) is 43.5 Å². The van der Waals surface area contributed by atoms with Gasteiger partial charge in [0.2, 0.25) is 0 Å². The van der Waals surface area contributed by atoms with Crippen molar-refractivity contribution in [3.63, 3.8) is 0 Å². The lowest BCUT2D eigenvalue weighted by Crippen LogP contribution is -2.41. The van der Waals surface area contributed by atoms with Crippen LogP contribution in [0.4, 0.5) is 4.79 Å². The number of carbonyl (C=O) groups excluding carboxylic acids is 2. The van der Waals surface area contributed by atoms with Gasteiger partial charge in [0, 0.05) is 12.3 Å². The van der Waals surface area contributed by atoms with Gasteiger partial charge in [0.1, 0.15) is 17.5 Å². The number of rotatable bonds is 4. The number of hydrogen-bond acceptors (Lipinski definition) is 7. The van der Waals surface area contributed by atoms with Crippen LogP contribution in [-0.4, -0.2) is 46.4 Å². The Bertz CT molecular complexity index is 1430. The number of amides is 3. The number of pyridine rings is 1. The summed E-state index contributed by atoms with van der Waals surface area (Å²) in [4.78, 5) is 44.0. The van der Waals surface area contributed by atoms with Gasteiger partial charge in [-0.05, 0) is 59.7 Å². The highest BCUT2D eigenvalue weighted by molar-refractivity contribution is 6.07. The number of imide groups is 1. The minimum Gasteiger partial charge on any atom is -0.319 e. The van der Waals surface area contributed by atoms with Gasteiger partial charge >= 0.3 is 6.03 Å². The van der Waals surface area contributed by atoms with Crippen molar-refractivity contribution in [3.8, 4) is 5.69 Å². The average Bonchev–Trinajstić information content (AvgIpc) is 3.38. The highest BCUT2D eigenvalue weighted by Crippen LogP contribution is 2.30. The van der Waals surface area contributed by atoms with Crippen LogP contribution in [0, 0.1) is 6.92 Å². The van der Waals surface area contributed by atoms with Crippen LogP contribution in [0.15, 0.2) is 59.8 Å². The normalized spacial score (nSPS) is 18.4. The topological polar surface area (TPSA) is 127 Å². The molecule has 11 heteroatoms. The molecule has 0 bridgehead atoms. The van der Waals surface area contributed by atoms with Crippen molar-refractivity contribution in [2.45, 2.75) is 25.9 Å². The number of benzene rings is 1. The monoisotopic (exact) mass is 430 g/mol. The van der Waals surface area contributed by atoms with E-state index in [4.69, 9.17) is 0 Å². The van der Waals surface area contributed by atoms with Gasteiger partial charge < -0.3 is 5.32 Å². The summed E-state index contributed by atoms with van der Waals surface area (Å²) in [6.07, 6.45) is 3.08. The van der Waals surface area contributed by atoms with Crippen LogP contribution in [0.25, 0.3) is 11.3 Å². The summed E-state index contributed by atoms with van der Waals surface area (Å²) in [7, 11) is 0. The molecular formula is C21H18N8O3. The zero-order valence-electron chi connectivity index (χ0n) is 17.3. The standard InChI is InChI=1S/C21H18N8O3/c1-13-6-7-27-17(8-13)23-15(10-18(27)30)11-28-19(31)21(2,24-20(28)32)14-4-3-5-16(9-14)29-12-22-25-26-29/h3-10,12H,11H2,1-2H3,(H,24,32)/t21-/m0/s1. The Hall–Kier alpha value is -4.41. The van der Waals surface area contributed by atoms with Gasteiger partial charge in [-0.2, -0.15) is 0 Å². The van der Waals surface area contributed by atoms with Gasteiger partial charge in [0.15, 0.2) is 0 Å². The molecule has 0 saturated carbocycles. The van der Waals surface area contributed by atoms with Crippen molar-refractivity contribution < 1.29 is 9.59 Å². The zero-order chi connectivity index (χ0) is 22.5. The third-order valence-electron chi connectivity index (χ3n) is 5.51. The van der Waals surface area contributed by atoms with E-state index in [-0.39, 0.29) is 12.1 Å². The van der Waals surface area contributed by atoms with Crippen LogP contribution in [0.3, 0.4) is 0 Å². The van der Waals surface area contributed by atoms with Gasteiger partial charge in [-0.1, -0.05) is 12.1 Å². The lowest BCUT2D eigenvalue weighted by atomic mass is 9.91. The number of fused-ring (bicyclic) bond motifs is 1. The minimum absolute atomic E-state index is 0.118. The molecule has 1 N–H and O–H groups in total. The zero-order valence-corrected chi connectivity index (χ0v) is 17.3. The molecule has 11 nitrogen and oxygen atoms in total. The average molecular weight is 430 g/mol. The molecule has 1 saturated heterocycles. The number of nitrogens with one attached hydrogen (secondary N) is 1. The first-order valence-corrected chi connectivity index (χ1v) is 9.82. The summed E-state index contributed by atoms with van der Waals surface area (Å²) < 4.78 is 2.87. The Morgan fingerprint density at radius 3 is 2.72 bits per heavy atom. The first-order chi connectivity index (χ1) is 15.3. The fraction of sp³-hybridized carbons (Fsp3) is 0.190. The maximum Gasteiger partial charge on any atom is 0.325 e. The second kappa shape index (κ2) is 7.08. The molecule has 1 aromatic carbocycles. The van der Waals surface area contributed by atoms with Crippen molar-refractivity contribution in [1.82, 2.24) is 39.8 Å². The van der Waals surface area contributed by atoms with Crippen molar-refractivity contribution >= 4 is 17.6 Å². The predicted molar refractivity (Wildman–Crippen MR) is 112 cm³/mol. The molecule has 32 heavy (non-hydrogen) atoms. The van der Waals surface area contributed by atoms with Crippen LogP contribution in [-0.2, 0) is 16.9 Å². The van der Waals surface area contributed by atoms with Gasteiger partial charge in [-0.3, -0.25) is 18.9 Å². The SMILES string of the molecule is Cc1ccn2c(=O)cc(CN3C(=O)N[C@@](C)(c4cccc(-n5cnnn5)c4)C3=O)nc2c1. The number of urea groups is 1. The van der Waals surface area contributed by atoms with Crippen LogP contribution in [0.5, 0.6) is 0 Å². The van der Waals surface area contributed by atoms with E-state index in [0.717, 1.165) is 10.5 Å². The molecule has 3 amide bonds. The Labute approximate surface area is 181 Å². The first kappa shape index (κ1) is 19.5. The number of aromatic nitrogens is 6. The lowest BCUT2D eigenvalue weighted by Gasteiger charge is -2.22. The molecule has 0 spiro atoms. The predicted octanol–water partition coefficient (Wildman–Crippen LogP) is 0.946. The van der Waals surface area contributed by atoms with Crippen LogP contribution >= 0.6 is 0 Å². The highest BCUT2D eigenvalue weighted by atomic mass is 16.2. The van der Waals surface area contributed by atoms with E-state index in [9.17, 15) is 14.4 Å². The lowest BCUT2D eigenvalue weighted by molar-refractivity contribution is -0.131. The van der Waals surface area contributed by atoms with E-state index in [1.807, 2.05) is 13.0 Å². The first-order valence-electron chi connectivity index (χ1n) is 9.82. The fourth-order valence-corrected chi connectivity index (χ4v) is 3.77. The summed E-state index contributed by atoms with van der Waals surface area (Å²) in [5.41, 5.74) is 1.38. The van der Waals surface area contributed by atoms with Crippen LogP contribution in [0.1, 0.15) is 23.7 Å². The molecule has 4 aromatic rings. The summed E-state index contributed by atoms with van der Waals surface area (Å²) in [6, 6.07) is 11.4. The molecule has 0 aliphatic carbocycles. The molecule has 0 radical (unpaired) electrons. The van der Waals surface area contributed by atoms with Crippen LogP contribution < -0.4 is 10.9 Å². The molecular weight excluding hydrogens is 412 g/mol. The Balaban J connectivity index is 1.47. The summed E-state index contributed by atoms with van der Waals surface area (Å²) in [6.45, 7) is 3.41. The molecule has 0 unspecified atom stereocenters. The smallest absolute Gasteiger partial charge is 0.319 e. The quantitative estimate of drug-likeness (QED) is 0.478. The largest absolute Gasteiger partial charge is 0.325 e. The molecule has 160 valence electrons. The number of aryl methyl sites for hydroxylation is 1. The third kappa shape index (κ3) is 3.11.